The van der Waals surface area contributed by atoms with Crippen molar-refractivity contribution in [2.45, 2.75) is 20.0 Å². The Hall–Kier alpha value is -4.65. The molecule has 0 unspecified atom stereocenters. The van der Waals surface area contributed by atoms with Gasteiger partial charge in [0.15, 0.2) is 17.6 Å². The molecular weight excluding hydrogens is 456 g/mol. The van der Waals surface area contributed by atoms with Crippen LogP contribution in [0.1, 0.15) is 29.8 Å². The molecule has 1 atom stereocenters. The Labute approximate surface area is 209 Å². The lowest BCUT2D eigenvalue weighted by Gasteiger charge is -2.13. The van der Waals surface area contributed by atoms with E-state index in [4.69, 9.17) is 14.2 Å². The normalized spacial score (nSPS) is 11.7. The van der Waals surface area contributed by atoms with Gasteiger partial charge in [0.05, 0.1) is 18.4 Å². The third-order valence-corrected chi connectivity index (χ3v) is 5.27. The summed E-state index contributed by atoms with van der Waals surface area (Å²) in [6.07, 6.45) is 0.730. The summed E-state index contributed by atoms with van der Waals surface area (Å²) in [5.74, 6) is 0.417. The van der Waals surface area contributed by atoms with Crippen molar-refractivity contribution >= 4 is 28.9 Å². The van der Waals surface area contributed by atoms with Crippen LogP contribution in [0.4, 0.5) is 0 Å². The van der Waals surface area contributed by atoms with Crippen LogP contribution >= 0.6 is 0 Å². The quantitative estimate of drug-likeness (QED) is 0.150. The maximum Gasteiger partial charge on any atom is 0.343 e. The predicted molar refractivity (Wildman–Crippen MR) is 139 cm³/mol. The SMILES string of the molecule is CCOc1cc(/C=N\NC(=O)[C@H](C)Oc2ccc3ccccc3c2)ccc1OC(=O)c1ccccc1. The van der Waals surface area contributed by atoms with Gasteiger partial charge >= 0.3 is 5.97 Å². The van der Waals surface area contributed by atoms with E-state index in [0.717, 1.165) is 10.8 Å². The third-order valence-electron chi connectivity index (χ3n) is 5.27. The second-order valence-corrected chi connectivity index (χ2v) is 7.90. The van der Waals surface area contributed by atoms with Gasteiger partial charge in [-0.2, -0.15) is 5.10 Å². The van der Waals surface area contributed by atoms with Crippen molar-refractivity contribution in [1.29, 1.82) is 0 Å². The first-order valence-electron chi connectivity index (χ1n) is 11.6. The van der Waals surface area contributed by atoms with Gasteiger partial charge in [-0.1, -0.05) is 48.5 Å². The van der Waals surface area contributed by atoms with Crippen LogP contribution < -0.4 is 19.6 Å². The molecule has 4 aromatic carbocycles. The molecule has 0 aliphatic rings. The van der Waals surface area contributed by atoms with Crippen molar-refractivity contribution < 1.29 is 23.8 Å². The molecular formula is C29H26N2O5. The molecule has 0 saturated heterocycles. The number of esters is 1. The summed E-state index contributed by atoms with van der Waals surface area (Å²) in [6.45, 7) is 3.88. The number of carbonyl (C=O) groups excluding carboxylic acids is 2. The molecule has 0 saturated carbocycles. The molecule has 0 aliphatic carbocycles. The predicted octanol–water partition coefficient (Wildman–Crippen LogP) is 5.38. The number of benzene rings is 4. The van der Waals surface area contributed by atoms with E-state index in [-0.39, 0.29) is 0 Å². The smallest absolute Gasteiger partial charge is 0.343 e. The van der Waals surface area contributed by atoms with Crippen molar-refractivity contribution in [3.63, 3.8) is 0 Å². The number of amides is 1. The highest BCUT2D eigenvalue weighted by molar-refractivity contribution is 5.91. The fourth-order valence-electron chi connectivity index (χ4n) is 3.45. The largest absolute Gasteiger partial charge is 0.490 e. The van der Waals surface area contributed by atoms with Crippen molar-refractivity contribution in [3.05, 3.63) is 102 Å². The maximum atomic E-state index is 12.4. The van der Waals surface area contributed by atoms with Crippen molar-refractivity contribution in [2.75, 3.05) is 6.61 Å². The number of ether oxygens (including phenoxy) is 3. The first kappa shape index (κ1) is 24.5. The molecule has 7 nitrogen and oxygen atoms in total. The lowest BCUT2D eigenvalue weighted by atomic mass is 10.1. The van der Waals surface area contributed by atoms with E-state index in [9.17, 15) is 9.59 Å². The van der Waals surface area contributed by atoms with E-state index in [0.29, 0.717) is 35.0 Å². The monoisotopic (exact) mass is 482 g/mol. The molecule has 0 aromatic heterocycles. The maximum absolute atomic E-state index is 12.4. The minimum absolute atomic E-state index is 0.296. The van der Waals surface area contributed by atoms with Crippen LogP contribution in [0.25, 0.3) is 10.8 Å². The molecule has 0 bridgehead atoms. The molecule has 182 valence electrons. The summed E-state index contributed by atoms with van der Waals surface area (Å²) < 4.78 is 16.9. The van der Waals surface area contributed by atoms with Gasteiger partial charge in [-0.15, -0.1) is 0 Å². The Balaban J connectivity index is 1.37. The second-order valence-electron chi connectivity index (χ2n) is 7.90. The third kappa shape index (κ3) is 6.27. The molecule has 4 aromatic rings. The van der Waals surface area contributed by atoms with E-state index in [2.05, 4.69) is 10.5 Å². The Morgan fingerprint density at radius 2 is 1.64 bits per heavy atom. The van der Waals surface area contributed by atoms with Crippen LogP contribution in [0.15, 0.2) is 96.1 Å². The Morgan fingerprint density at radius 3 is 2.42 bits per heavy atom. The molecule has 0 spiro atoms. The number of rotatable bonds is 9. The van der Waals surface area contributed by atoms with Crippen LogP contribution in [-0.4, -0.2) is 30.8 Å². The number of hydrazone groups is 1. The van der Waals surface area contributed by atoms with Gasteiger partial charge in [-0.3, -0.25) is 4.79 Å². The molecule has 0 heterocycles. The summed E-state index contributed by atoms with van der Waals surface area (Å²) in [7, 11) is 0. The molecule has 0 fully saturated rings. The Morgan fingerprint density at radius 1 is 0.889 bits per heavy atom. The highest BCUT2D eigenvalue weighted by Crippen LogP contribution is 2.29. The fraction of sp³-hybridized carbons (Fsp3) is 0.138. The molecule has 7 heteroatoms. The lowest BCUT2D eigenvalue weighted by molar-refractivity contribution is -0.127. The standard InChI is InChI=1S/C29H26N2O5/c1-3-34-27-17-21(13-16-26(27)36-29(33)23-10-5-4-6-11-23)19-30-31-28(32)20(2)35-25-15-14-22-9-7-8-12-24(22)18-25/h4-20H,3H2,1-2H3,(H,31,32)/b30-19-/t20-/m0/s1. The summed E-state index contributed by atoms with van der Waals surface area (Å²) in [4.78, 5) is 24.8. The first-order valence-corrected chi connectivity index (χ1v) is 11.6. The summed E-state index contributed by atoms with van der Waals surface area (Å²) in [5, 5.41) is 6.15. The Bertz CT molecular complexity index is 1390. The van der Waals surface area contributed by atoms with E-state index >= 15 is 0 Å². The summed E-state index contributed by atoms with van der Waals surface area (Å²) in [6, 6.07) is 27.3. The van der Waals surface area contributed by atoms with Crippen LogP contribution in [0.3, 0.4) is 0 Å². The highest BCUT2D eigenvalue weighted by Gasteiger charge is 2.15. The number of hydrogen-bond donors (Lipinski definition) is 1. The first-order chi connectivity index (χ1) is 17.5. The minimum Gasteiger partial charge on any atom is -0.490 e. The zero-order valence-corrected chi connectivity index (χ0v) is 20.0. The van der Waals surface area contributed by atoms with Gasteiger partial charge in [0.2, 0.25) is 0 Å². The molecule has 36 heavy (non-hydrogen) atoms. The average Bonchev–Trinajstić information content (AvgIpc) is 2.90. The van der Waals surface area contributed by atoms with Gasteiger partial charge in [-0.25, -0.2) is 10.2 Å². The van der Waals surface area contributed by atoms with E-state index < -0.39 is 18.0 Å². The van der Waals surface area contributed by atoms with Crippen molar-refractivity contribution in [2.24, 2.45) is 5.10 Å². The second kappa shape index (κ2) is 11.7. The topological polar surface area (TPSA) is 86.2 Å². The number of carbonyl (C=O) groups is 2. The number of fused-ring (bicyclic) bond motifs is 1. The molecule has 1 amide bonds. The molecule has 4 rings (SSSR count). The van der Waals surface area contributed by atoms with Gasteiger partial charge in [0.25, 0.3) is 5.91 Å². The number of hydrogen-bond acceptors (Lipinski definition) is 6. The zero-order chi connectivity index (χ0) is 25.3. The number of nitrogens with one attached hydrogen (secondary N) is 1. The lowest BCUT2D eigenvalue weighted by Crippen LogP contribution is -2.33. The minimum atomic E-state index is -0.748. The van der Waals surface area contributed by atoms with E-state index in [1.165, 1.54) is 6.21 Å². The van der Waals surface area contributed by atoms with Gasteiger partial charge < -0.3 is 14.2 Å². The van der Waals surface area contributed by atoms with Crippen LogP contribution in [0.5, 0.6) is 17.2 Å². The number of nitrogens with zero attached hydrogens (tertiary/aromatic N) is 1. The molecule has 0 radical (unpaired) electrons. The average molecular weight is 483 g/mol. The molecule has 0 aliphatic heterocycles. The van der Waals surface area contributed by atoms with Crippen molar-refractivity contribution in [3.8, 4) is 17.2 Å². The van der Waals surface area contributed by atoms with Crippen LogP contribution in [0, 0.1) is 0 Å². The summed E-state index contributed by atoms with van der Waals surface area (Å²) in [5.41, 5.74) is 3.58. The van der Waals surface area contributed by atoms with E-state index in [1.54, 1.807) is 49.4 Å². The van der Waals surface area contributed by atoms with Gasteiger partial charge in [0, 0.05) is 0 Å². The van der Waals surface area contributed by atoms with Crippen LogP contribution in [-0.2, 0) is 4.79 Å². The van der Waals surface area contributed by atoms with E-state index in [1.807, 2.05) is 55.5 Å². The van der Waals surface area contributed by atoms with Gasteiger partial charge in [-0.05, 0) is 72.6 Å². The van der Waals surface area contributed by atoms with Crippen molar-refractivity contribution in [1.82, 2.24) is 5.43 Å². The Kier molecular flexibility index (Phi) is 7.93. The highest BCUT2D eigenvalue weighted by atomic mass is 16.6. The summed E-state index contributed by atoms with van der Waals surface area (Å²) >= 11 is 0. The zero-order valence-electron chi connectivity index (χ0n) is 20.0. The van der Waals surface area contributed by atoms with Gasteiger partial charge in [0.1, 0.15) is 5.75 Å². The fourth-order valence-corrected chi connectivity index (χ4v) is 3.45. The van der Waals surface area contributed by atoms with Crippen LogP contribution in [0.2, 0.25) is 0 Å². The molecule has 1 N–H and O–H groups in total.